The van der Waals surface area contributed by atoms with Crippen molar-refractivity contribution in [1.29, 1.82) is 0 Å². The van der Waals surface area contributed by atoms with Crippen LogP contribution in [0.5, 0.6) is 5.88 Å². The molecule has 0 bridgehead atoms. The molecule has 7 heteroatoms. The second kappa shape index (κ2) is 6.08. The minimum absolute atomic E-state index is 0.298. The number of nitrogens with zero attached hydrogens (tertiary/aromatic N) is 5. The summed E-state index contributed by atoms with van der Waals surface area (Å²) < 4.78 is 12.6. The van der Waals surface area contributed by atoms with E-state index >= 15 is 0 Å². The molecule has 0 amide bonds. The predicted octanol–water partition coefficient (Wildman–Crippen LogP) is 2.02. The van der Waals surface area contributed by atoms with E-state index in [0.717, 1.165) is 43.2 Å². The van der Waals surface area contributed by atoms with Crippen LogP contribution in [0.2, 0.25) is 0 Å². The Kier molecular flexibility index (Phi) is 4.15. The molecule has 0 saturated carbocycles. The largest absolute Gasteiger partial charge is 0.481 e. The van der Waals surface area contributed by atoms with Gasteiger partial charge in [0.25, 0.3) is 0 Å². The number of hydrogen-bond donors (Lipinski definition) is 0. The van der Waals surface area contributed by atoms with Crippen LogP contribution in [0.15, 0.2) is 4.52 Å². The number of rotatable bonds is 5. The lowest BCUT2D eigenvalue weighted by molar-refractivity contribution is 0.231. The zero-order chi connectivity index (χ0) is 15.7. The maximum atomic E-state index is 5.55. The molecule has 3 rings (SSSR count). The van der Waals surface area contributed by atoms with Gasteiger partial charge in [-0.1, -0.05) is 12.1 Å². The van der Waals surface area contributed by atoms with E-state index in [4.69, 9.17) is 9.26 Å². The van der Waals surface area contributed by atoms with E-state index in [1.807, 2.05) is 25.6 Å². The quantitative estimate of drug-likeness (QED) is 0.842. The fourth-order valence-corrected chi connectivity index (χ4v) is 3.30. The molecule has 0 radical (unpaired) electrons. The average Bonchev–Trinajstić information content (AvgIpc) is 3.19. The first-order chi connectivity index (χ1) is 10.6. The normalized spacial score (nSPS) is 19.0. The van der Waals surface area contributed by atoms with Crippen LogP contribution in [0.3, 0.4) is 0 Å². The van der Waals surface area contributed by atoms with Gasteiger partial charge in [0.1, 0.15) is 0 Å². The molecule has 22 heavy (non-hydrogen) atoms. The first kappa shape index (κ1) is 15.0. The van der Waals surface area contributed by atoms with Crippen molar-refractivity contribution in [3.05, 3.63) is 23.0 Å². The lowest BCUT2D eigenvalue weighted by Gasteiger charge is -2.23. The molecule has 0 spiro atoms. The van der Waals surface area contributed by atoms with Crippen molar-refractivity contribution < 1.29 is 9.26 Å². The smallest absolute Gasteiger partial charge is 0.226 e. The maximum absolute atomic E-state index is 5.55. The zero-order valence-electron chi connectivity index (χ0n) is 13.7. The highest BCUT2D eigenvalue weighted by atomic mass is 16.5. The second-order valence-corrected chi connectivity index (χ2v) is 5.72. The first-order valence-corrected chi connectivity index (χ1v) is 7.77. The van der Waals surface area contributed by atoms with Crippen molar-refractivity contribution in [2.45, 2.75) is 45.7 Å². The third kappa shape index (κ3) is 2.61. The van der Waals surface area contributed by atoms with Gasteiger partial charge in [-0.05, 0) is 26.3 Å². The Morgan fingerprint density at radius 2 is 2.23 bits per heavy atom. The molecule has 0 aliphatic carbocycles. The van der Waals surface area contributed by atoms with Gasteiger partial charge in [0.2, 0.25) is 11.8 Å². The summed E-state index contributed by atoms with van der Waals surface area (Å²) in [6, 6.07) is 0.298. The monoisotopic (exact) mass is 305 g/mol. The highest BCUT2D eigenvalue weighted by Crippen LogP contribution is 2.39. The number of hydrogen-bond acceptors (Lipinski definition) is 6. The summed E-state index contributed by atoms with van der Waals surface area (Å²) in [5.41, 5.74) is 2.21. The fourth-order valence-electron chi connectivity index (χ4n) is 3.30. The summed E-state index contributed by atoms with van der Waals surface area (Å²) in [4.78, 5) is 6.80. The average molecular weight is 305 g/mol. The highest BCUT2D eigenvalue weighted by Gasteiger charge is 2.32. The van der Waals surface area contributed by atoms with Crippen LogP contribution < -0.4 is 4.74 Å². The highest BCUT2D eigenvalue weighted by molar-refractivity contribution is 5.35. The standard InChI is InChI=1S/C15H23N5O2/c1-5-13-16-12(18-22-13)9-20-8-6-7-11(20)14-10(2)17-19(3)15(14)21-4/h11H,5-9H2,1-4H3. The third-order valence-electron chi connectivity index (χ3n) is 4.26. The van der Waals surface area contributed by atoms with Crippen molar-refractivity contribution in [1.82, 2.24) is 24.8 Å². The van der Waals surface area contributed by atoms with Gasteiger partial charge >= 0.3 is 0 Å². The molecule has 1 saturated heterocycles. The molecular formula is C15H23N5O2. The second-order valence-electron chi connectivity index (χ2n) is 5.72. The van der Waals surface area contributed by atoms with Gasteiger partial charge in [0, 0.05) is 19.5 Å². The van der Waals surface area contributed by atoms with Crippen LogP contribution >= 0.6 is 0 Å². The third-order valence-corrected chi connectivity index (χ3v) is 4.26. The van der Waals surface area contributed by atoms with Crippen LogP contribution in [-0.2, 0) is 20.0 Å². The minimum atomic E-state index is 0.298. The number of likely N-dealkylation sites (tertiary alicyclic amines) is 1. The van der Waals surface area contributed by atoms with Gasteiger partial charge in [-0.15, -0.1) is 0 Å². The van der Waals surface area contributed by atoms with Gasteiger partial charge in [-0.2, -0.15) is 10.1 Å². The molecule has 7 nitrogen and oxygen atoms in total. The first-order valence-electron chi connectivity index (χ1n) is 7.77. The summed E-state index contributed by atoms with van der Waals surface area (Å²) in [5.74, 6) is 2.29. The van der Waals surface area contributed by atoms with Crippen molar-refractivity contribution in [2.24, 2.45) is 7.05 Å². The molecule has 1 fully saturated rings. The Bertz CT molecular complexity index is 648. The summed E-state index contributed by atoms with van der Waals surface area (Å²) in [5, 5.41) is 8.57. The van der Waals surface area contributed by atoms with Gasteiger partial charge in [-0.25, -0.2) is 4.68 Å². The van der Waals surface area contributed by atoms with Gasteiger partial charge in [-0.3, -0.25) is 4.90 Å². The Labute approximate surface area is 130 Å². The number of aromatic nitrogens is 4. The van der Waals surface area contributed by atoms with E-state index in [0.29, 0.717) is 18.5 Å². The lowest BCUT2D eigenvalue weighted by Crippen LogP contribution is -2.24. The molecular weight excluding hydrogens is 282 g/mol. The van der Waals surface area contributed by atoms with E-state index in [-0.39, 0.29) is 0 Å². The van der Waals surface area contributed by atoms with Crippen molar-refractivity contribution in [3.63, 3.8) is 0 Å². The molecule has 2 aromatic heterocycles. The van der Waals surface area contributed by atoms with Crippen LogP contribution in [-0.4, -0.2) is 38.5 Å². The van der Waals surface area contributed by atoms with Crippen LogP contribution in [0.4, 0.5) is 0 Å². The Morgan fingerprint density at radius 3 is 2.91 bits per heavy atom. The fraction of sp³-hybridized carbons (Fsp3) is 0.667. The Morgan fingerprint density at radius 1 is 1.41 bits per heavy atom. The molecule has 2 aromatic rings. The van der Waals surface area contributed by atoms with E-state index < -0.39 is 0 Å². The Hall–Kier alpha value is -1.89. The maximum Gasteiger partial charge on any atom is 0.226 e. The van der Waals surface area contributed by atoms with Gasteiger partial charge < -0.3 is 9.26 Å². The topological polar surface area (TPSA) is 69.2 Å². The molecule has 1 atom stereocenters. The van der Waals surface area contributed by atoms with Gasteiger partial charge in [0.05, 0.1) is 24.9 Å². The van der Waals surface area contributed by atoms with Gasteiger partial charge in [0.15, 0.2) is 5.82 Å². The summed E-state index contributed by atoms with van der Waals surface area (Å²) in [6.07, 6.45) is 3.02. The van der Waals surface area contributed by atoms with E-state index in [2.05, 4.69) is 20.1 Å². The number of methoxy groups -OCH3 is 1. The zero-order valence-corrected chi connectivity index (χ0v) is 13.7. The number of aryl methyl sites for hydroxylation is 3. The molecule has 120 valence electrons. The Balaban J connectivity index is 1.84. The minimum Gasteiger partial charge on any atom is -0.481 e. The summed E-state index contributed by atoms with van der Waals surface area (Å²) in [6.45, 7) is 5.78. The van der Waals surface area contributed by atoms with Crippen LogP contribution in [0.25, 0.3) is 0 Å². The van der Waals surface area contributed by atoms with Crippen molar-refractivity contribution in [3.8, 4) is 5.88 Å². The molecule has 1 unspecified atom stereocenters. The van der Waals surface area contributed by atoms with Crippen LogP contribution in [0.1, 0.15) is 48.8 Å². The van der Waals surface area contributed by atoms with E-state index in [9.17, 15) is 0 Å². The van der Waals surface area contributed by atoms with Crippen molar-refractivity contribution in [2.75, 3.05) is 13.7 Å². The number of ether oxygens (including phenoxy) is 1. The summed E-state index contributed by atoms with van der Waals surface area (Å²) in [7, 11) is 3.62. The van der Waals surface area contributed by atoms with Crippen LogP contribution in [0, 0.1) is 6.92 Å². The van der Waals surface area contributed by atoms with E-state index in [1.54, 1.807) is 7.11 Å². The molecule has 0 N–H and O–H groups in total. The molecule has 3 heterocycles. The molecule has 1 aliphatic heterocycles. The lowest BCUT2D eigenvalue weighted by atomic mass is 10.1. The SMILES string of the molecule is CCc1nc(CN2CCCC2c2c(C)nn(C)c2OC)no1. The summed E-state index contributed by atoms with van der Waals surface area (Å²) >= 11 is 0. The molecule has 0 aromatic carbocycles. The molecule has 1 aliphatic rings. The predicted molar refractivity (Wildman–Crippen MR) is 80.6 cm³/mol. The van der Waals surface area contributed by atoms with Crippen molar-refractivity contribution >= 4 is 0 Å². The van der Waals surface area contributed by atoms with E-state index in [1.165, 1.54) is 5.56 Å².